The van der Waals surface area contributed by atoms with Crippen LogP contribution in [0.15, 0.2) is 23.1 Å². The molecular formula is C17H27ClN2O3S. The maximum absolute atomic E-state index is 12.4. The number of carbonyl (C=O) groups excluding carboxylic acids is 1. The Morgan fingerprint density at radius 2 is 2.04 bits per heavy atom. The zero-order valence-electron chi connectivity index (χ0n) is 14.3. The summed E-state index contributed by atoms with van der Waals surface area (Å²) in [6, 6.07) is 6.04. The van der Waals surface area contributed by atoms with Crippen LogP contribution in [-0.2, 0) is 4.79 Å². The number of carbonyl (C=O) groups is 1. The molecular weight excluding hydrogens is 348 g/mol. The van der Waals surface area contributed by atoms with E-state index in [-0.39, 0.29) is 24.4 Å². The summed E-state index contributed by atoms with van der Waals surface area (Å²) in [6.45, 7) is 1.41. The largest absolute Gasteiger partial charge is 0.493 e. The maximum atomic E-state index is 12.4. The fourth-order valence-corrected chi connectivity index (χ4v) is 3.75. The van der Waals surface area contributed by atoms with Crippen LogP contribution < -0.4 is 15.2 Å². The Morgan fingerprint density at radius 1 is 1.29 bits per heavy atom. The van der Waals surface area contributed by atoms with Gasteiger partial charge in [-0.15, -0.1) is 24.2 Å². The highest BCUT2D eigenvalue weighted by atomic mass is 35.5. The molecule has 1 aliphatic rings. The van der Waals surface area contributed by atoms with E-state index in [0.717, 1.165) is 30.0 Å². The predicted octanol–water partition coefficient (Wildman–Crippen LogP) is 2.95. The molecule has 0 radical (unpaired) electrons. The molecule has 1 atom stereocenters. The van der Waals surface area contributed by atoms with E-state index >= 15 is 0 Å². The van der Waals surface area contributed by atoms with Crippen LogP contribution in [0.5, 0.6) is 11.5 Å². The molecule has 136 valence electrons. The number of ether oxygens (including phenoxy) is 2. The monoisotopic (exact) mass is 374 g/mol. The lowest BCUT2D eigenvalue weighted by Gasteiger charge is -2.35. The van der Waals surface area contributed by atoms with Crippen molar-refractivity contribution in [2.45, 2.75) is 36.6 Å². The summed E-state index contributed by atoms with van der Waals surface area (Å²) < 4.78 is 10.5. The molecule has 0 aromatic heterocycles. The van der Waals surface area contributed by atoms with Crippen LogP contribution >= 0.6 is 24.2 Å². The van der Waals surface area contributed by atoms with Gasteiger partial charge < -0.3 is 20.1 Å². The van der Waals surface area contributed by atoms with Gasteiger partial charge in [-0.25, -0.2) is 0 Å². The van der Waals surface area contributed by atoms with Crippen molar-refractivity contribution in [2.24, 2.45) is 5.73 Å². The average molecular weight is 375 g/mol. The Labute approximate surface area is 154 Å². The lowest BCUT2D eigenvalue weighted by Crippen LogP contribution is -2.47. The van der Waals surface area contributed by atoms with E-state index in [0.29, 0.717) is 24.5 Å². The lowest BCUT2D eigenvalue weighted by molar-refractivity contribution is -0.134. The number of nitrogens with two attached hydrogens (primary N) is 1. The molecule has 0 aliphatic carbocycles. The summed E-state index contributed by atoms with van der Waals surface area (Å²) in [6.07, 6.45) is 3.83. The molecule has 1 unspecified atom stereocenters. The normalized spacial score (nSPS) is 17.1. The average Bonchev–Trinajstić information content (AvgIpc) is 2.61. The minimum atomic E-state index is 0. The SMILES string of the molecule is COc1ccc(SCCC(=O)N2CCCCC2CN)cc1OC.Cl. The molecule has 24 heavy (non-hydrogen) atoms. The van der Waals surface area contributed by atoms with Gasteiger partial charge in [-0.05, 0) is 37.5 Å². The van der Waals surface area contributed by atoms with Gasteiger partial charge in [0.25, 0.3) is 0 Å². The fourth-order valence-electron chi connectivity index (χ4n) is 2.88. The van der Waals surface area contributed by atoms with Gasteiger partial charge in [-0.3, -0.25) is 4.79 Å². The van der Waals surface area contributed by atoms with Crippen LogP contribution in [0.25, 0.3) is 0 Å². The smallest absolute Gasteiger partial charge is 0.223 e. The molecule has 0 spiro atoms. The second-order valence-corrected chi connectivity index (χ2v) is 6.76. The molecule has 1 amide bonds. The van der Waals surface area contributed by atoms with Crippen molar-refractivity contribution in [1.82, 2.24) is 4.90 Å². The summed E-state index contributed by atoms with van der Waals surface area (Å²) in [5, 5.41) is 0. The molecule has 5 nitrogen and oxygen atoms in total. The van der Waals surface area contributed by atoms with Gasteiger partial charge in [-0.2, -0.15) is 0 Å². The Kier molecular flexibility index (Phi) is 9.33. The number of likely N-dealkylation sites (tertiary alicyclic amines) is 1. The second kappa shape index (κ2) is 10.7. The van der Waals surface area contributed by atoms with Crippen LogP contribution in [-0.4, -0.2) is 49.9 Å². The highest BCUT2D eigenvalue weighted by molar-refractivity contribution is 7.99. The van der Waals surface area contributed by atoms with Gasteiger partial charge in [0.15, 0.2) is 11.5 Å². The molecule has 1 heterocycles. The number of benzene rings is 1. The molecule has 0 saturated carbocycles. The first kappa shape index (κ1) is 20.9. The summed E-state index contributed by atoms with van der Waals surface area (Å²) >= 11 is 1.66. The second-order valence-electron chi connectivity index (χ2n) is 5.59. The predicted molar refractivity (Wildman–Crippen MR) is 101 cm³/mol. The number of piperidine rings is 1. The van der Waals surface area contributed by atoms with Crippen molar-refractivity contribution in [2.75, 3.05) is 33.1 Å². The molecule has 1 aromatic carbocycles. The highest BCUT2D eigenvalue weighted by Crippen LogP contribution is 2.32. The highest BCUT2D eigenvalue weighted by Gasteiger charge is 2.24. The van der Waals surface area contributed by atoms with Crippen LogP contribution in [0, 0.1) is 0 Å². The Bertz CT molecular complexity index is 531. The number of hydrogen-bond donors (Lipinski definition) is 1. The minimum absolute atomic E-state index is 0. The Balaban J connectivity index is 0.00000288. The van der Waals surface area contributed by atoms with Crippen molar-refractivity contribution in [3.63, 3.8) is 0 Å². The quantitative estimate of drug-likeness (QED) is 0.743. The molecule has 1 saturated heterocycles. The van der Waals surface area contributed by atoms with Gasteiger partial charge in [0.05, 0.1) is 14.2 Å². The van der Waals surface area contributed by atoms with E-state index in [1.807, 2.05) is 23.1 Å². The van der Waals surface area contributed by atoms with Crippen LogP contribution in [0.2, 0.25) is 0 Å². The first-order valence-corrected chi connectivity index (χ1v) is 9.02. The van der Waals surface area contributed by atoms with Crippen molar-refractivity contribution in [3.8, 4) is 11.5 Å². The van der Waals surface area contributed by atoms with Crippen molar-refractivity contribution >= 4 is 30.1 Å². The molecule has 1 aromatic rings. The number of methoxy groups -OCH3 is 2. The van der Waals surface area contributed by atoms with Crippen molar-refractivity contribution in [3.05, 3.63) is 18.2 Å². The van der Waals surface area contributed by atoms with Crippen molar-refractivity contribution in [1.29, 1.82) is 0 Å². The lowest BCUT2D eigenvalue weighted by atomic mass is 10.0. The standard InChI is InChI=1S/C17H26N2O3S.ClH/c1-21-15-7-6-14(11-16(15)22-2)23-10-8-17(20)19-9-4-3-5-13(19)12-18;/h6-7,11,13H,3-5,8-10,12,18H2,1-2H3;1H. The third-order valence-corrected chi connectivity index (χ3v) is 5.15. The van der Waals surface area contributed by atoms with Gasteiger partial charge in [0, 0.05) is 36.2 Å². The van der Waals surface area contributed by atoms with E-state index in [1.54, 1.807) is 26.0 Å². The third kappa shape index (κ3) is 5.46. The number of rotatable bonds is 7. The molecule has 7 heteroatoms. The molecule has 1 fully saturated rings. The van der Waals surface area contributed by atoms with E-state index < -0.39 is 0 Å². The summed E-state index contributed by atoms with van der Waals surface area (Å²) in [7, 11) is 3.24. The number of thioether (sulfide) groups is 1. The first-order valence-electron chi connectivity index (χ1n) is 8.04. The first-order chi connectivity index (χ1) is 11.2. The summed E-state index contributed by atoms with van der Waals surface area (Å²) in [4.78, 5) is 15.4. The third-order valence-electron chi connectivity index (χ3n) is 4.16. The number of halogens is 1. The summed E-state index contributed by atoms with van der Waals surface area (Å²) in [5.41, 5.74) is 5.79. The molecule has 1 aliphatic heterocycles. The number of hydrogen-bond acceptors (Lipinski definition) is 5. The van der Waals surface area contributed by atoms with Gasteiger partial charge >= 0.3 is 0 Å². The van der Waals surface area contributed by atoms with Crippen molar-refractivity contribution < 1.29 is 14.3 Å². The Hall–Kier alpha value is -1.11. The van der Waals surface area contributed by atoms with E-state index in [9.17, 15) is 4.79 Å². The zero-order chi connectivity index (χ0) is 16.7. The van der Waals surface area contributed by atoms with E-state index in [1.165, 1.54) is 6.42 Å². The van der Waals surface area contributed by atoms with Crippen LogP contribution in [0.3, 0.4) is 0 Å². The van der Waals surface area contributed by atoms with Gasteiger partial charge in [0.2, 0.25) is 5.91 Å². The topological polar surface area (TPSA) is 64.8 Å². The fraction of sp³-hybridized carbons (Fsp3) is 0.588. The Morgan fingerprint density at radius 3 is 2.71 bits per heavy atom. The summed E-state index contributed by atoms with van der Waals surface area (Å²) in [5.74, 6) is 2.39. The molecule has 0 bridgehead atoms. The van der Waals surface area contributed by atoms with Crippen LogP contribution in [0.4, 0.5) is 0 Å². The maximum Gasteiger partial charge on any atom is 0.223 e. The van der Waals surface area contributed by atoms with E-state index in [2.05, 4.69) is 0 Å². The minimum Gasteiger partial charge on any atom is -0.493 e. The molecule has 2 rings (SSSR count). The van der Waals surface area contributed by atoms with Gasteiger partial charge in [-0.1, -0.05) is 0 Å². The van der Waals surface area contributed by atoms with Gasteiger partial charge in [0.1, 0.15) is 0 Å². The van der Waals surface area contributed by atoms with Crippen LogP contribution in [0.1, 0.15) is 25.7 Å². The zero-order valence-corrected chi connectivity index (χ0v) is 16.0. The molecule has 2 N–H and O–H groups in total. The number of amides is 1. The van der Waals surface area contributed by atoms with E-state index in [4.69, 9.17) is 15.2 Å². The number of nitrogens with zero attached hydrogens (tertiary/aromatic N) is 1.